The topological polar surface area (TPSA) is 38.8 Å². The van der Waals surface area contributed by atoms with Crippen molar-refractivity contribution in [2.24, 2.45) is 0 Å². The predicted octanol–water partition coefficient (Wildman–Crippen LogP) is 4.97. The first kappa shape index (κ1) is 18.1. The summed E-state index contributed by atoms with van der Waals surface area (Å²) in [5.41, 5.74) is 4.18. The molecule has 29 heavy (non-hydrogen) atoms. The number of halogens is 1. The lowest BCUT2D eigenvalue weighted by Crippen LogP contribution is -2.71. The number of methoxy groups -OCH3 is 1. The van der Waals surface area contributed by atoms with Gasteiger partial charge in [0.2, 0.25) is 0 Å². The first-order valence-electron chi connectivity index (χ1n) is 9.56. The number of nitrogens with zero attached hydrogens (tertiary/aromatic N) is 1. The second kappa shape index (κ2) is 6.82. The molecule has 1 saturated heterocycles. The van der Waals surface area contributed by atoms with Crippen LogP contribution >= 0.6 is 11.6 Å². The SMILES string of the molecule is COc1ccc(N2C(=O)[C@H]3Oc4ccc(Cl)cc4[C@H](c4ccc(C)cc4)[C@H]32)cc1. The predicted molar refractivity (Wildman–Crippen MR) is 113 cm³/mol. The number of β-lactam (4-membered cyclic amide) rings is 1. The van der Waals surface area contributed by atoms with Crippen LogP contribution < -0.4 is 14.4 Å². The fourth-order valence-corrected chi connectivity index (χ4v) is 4.49. The number of amides is 1. The Morgan fingerprint density at radius 3 is 2.41 bits per heavy atom. The number of hydrogen-bond donors (Lipinski definition) is 0. The van der Waals surface area contributed by atoms with E-state index in [-0.39, 0.29) is 17.9 Å². The number of fused-ring (bicyclic) bond motifs is 2. The Hall–Kier alpha value is -2.98. The van der Waals surface area contributed by atoms with Crippen molar-refractivity contribution in [1.82, 2.24) is 0 Å². The van der Waals surface area contributed by atoms with Gasteiger partial charge in [0.1, 0.15) is 11.5 Å². The molecule has 0 radical (unpaired) electrons. The Labute approximate surface area is 174 Å². The molecule has 3 aromatic rings. The molecular weight excluding hydrogens is 386 g/mol. The van der Waals surface area contributed by atoms with Crippen LogP contribution in [-0.4, -0.2) is 25.2 Å². The summed E-state index contributed by atoms with van der Waals surface area (Å²) in [4.78, 5) is 14.8. The molecule has 1 amide bonds. The summed E-state index contributed by atoms with van der Waals surface area (Å²) in [6, 6.07) is 21.5. The molecule has 0 bridgehead atoms. The van der Waals surface area contributed by atoms with E-state index in [1.165, 1.54) is 5.56 Å². The van der Waals surface area contributed by atoms with E-state index in [2.05, 4.69) is 31.2 Å². The van der Waals surface area contributed by atoms with Gasteiger partial charge in [-0.05, 0) is 55.0 Å². The summed E-state index contributed by atoms with van der Waals surface area (Å²) < 4.78 is 11.3. The molecule has 146 valence electrons. The van der Waals surface area contributed by atoms with Crippen LogP contribution in [0.3, 0.4) is 0 Å². The number of benzene rings is 3. The molecule has 2 aliphatic heterocycles. The maximum absolute atomic E-state index is 13.0. The van der Waals surface area contributed by atoms with Gasteiger partial charge in [0, 0.05) is 22.2 Å². The van der Waals surface area contributed by atoms with E-state index in [1.807, 2.05) is 41.3 Å². The first-order chi connectivity index (χ1) is 14.1. The summed E-state index contributed by atoms with van der Waals surface area (Å²) in [5.74, 6) is 1.43. The highest BCUT2D eigenvalue weighted by Crippen LogP contribution is 2.49. The van der Waals surface area contributed by atoms with Crippen LogP contribution in [0.4, 0.5) is 5.69 Å². The van der Waals surface area contributed by atoms with Gasteiger partial charge in [0.25, 0.3) is 5.91 Å². The Bertz CT molecular complexity index is 1080. The molecule has 0 aromatic heterocycles. The molecule has 5 rings (SSSR count). The van der Waals surface area contributed by atoms with Gasteiger partial charge in [-0.25, -0.2) is 0 Å². The number of aryl methyl sites for hydroxylation is 1. The van der Waals surface area contributed by atoms with E-state index >= 15 is 0 Å². The highest BCUT2D eigenvalue weighted by molar-refractivity contribution is 6.30. The van der Waals surface area contributed by atoms with Crippen LogP contribution in [0.25, 0.3) is 0 Å². The zero-order chi connectivity index (χ0) is 20.1. The van der Waals surface area contributed by atoms with Crippen molar-refractivity contribution in [3.63, 3.8) is 0 Å². The summed E-state index contributed by atoms with van der Waals surface area (Å²) in [6.07, 6.45) is -0.503. The van der Waals surface area contributed by atoms with E-state index in [0.29, 0.717) is 5.02 Å². The van der Waals surface area contributed by atoms with Crippen LogP contribution in [0.15, 0.2) is 66.7 Å². The fraction of sp³-hybridized carbons (Fsp3) is 0.208. The van der Waals surface area contributed by atoms with Crippen LogP contribution in [0.1, 0.15) is 22.6 Å². The molecule has 5 heteroatoms. The molecule has 2 aliphatic rings. The molecular formula is C24H20ClNO3. The Morgan fingerprint density at radius 1 is 1.00 bits per heavy atom. The lowest BCUT2D eigenvalue weighted by Gasteiger charge is -2.53. The average Bonchev–Trinajstić information content (AvgIpc) is 2.74. The number of anilines is 1. The van der Waals surface area contributed by atoms with Crippen molar-refractivity contribution in [1.29, 1.82) is 0 Å². The Morgan fingerprint density at radius 2 is 1.72 bits per heavy atom. The van der Waals surface area contributed by atoms with Gasteiger partial charge in [0.05, 0.1) is 13.2 Å². The van der Waals surface area contributed by atoms with Gasteiger partial charge in [-0.15, -0.1) is 0 Å². The third-order valence-corrected chi connectivity index (χ3v) is 6.01. The number of carbonyl (C=O) groups is 1. The van der Waals surface area contributed by atoms with E-state index in [4.69, 9.17) is 21.1 Å². The number of ether oxygens (including phenoxy) is 2. The van der Waals surface area contributed by atoms with Crippen molar-refractivity contribution in [3.05, 3.63) is 88.4 Å². The largest absolute Gasteiger partial charge is 0.497 e. The van der Waals surface area contributed by atoms with E-state index in [1.54, 1.807) is 13.2 Å². The minimum atomic E-state index is -0.503. The maximum Gasteiger partial charge on any atom is 0.270 e. The molecule has 0 N–H and O–H groups in total. The minimum absolute atomic E-state index is 0.0251. The van der Waals surface area contributed by atoms with E-state index in [0.717, 1.165) is 28.3 Å². The summed E-state index contributed by atoms with van der Waals surface area (Å²) in [7, 11) is 1.63. The number of carbonyl (C=O) groups excluding carboxylic acids is 1. The van der Waals surface area contributed by atoms with Crippen LogP contribution in [0.2, 0.25) is 5.02 Å². The van der Waals surface area contributed by atoms with Gasteiger partial charge in [0.15, 0.2) is 6.10 Å². The summed E-state index contributed by atoms with van der Waals surface area (Å²) in [5, 5.41) is 0.657. The van der Waals surface area contributed by atoms with Gasteiger partial charge < -0.3 is 14.4 Å². The van der Waals surface area contributed by atoms with Crippen molar-refractivity contribution in [2.75, 3.05) is 12.0 Å². The summed E-state index contributed by atoms with van der Waals surface area (Å²) in [6.45, 7) is 2.07. The third kappa shape index (κ3) is 2.87. The van der Waals surface area contributed by atoms with Crippen molar-refractivity contribution < 1.29 is 14.3 Å². The molecule has 0 saturated carbocycles. The van der Waals surface area contributed by atoms with Crippen molar-refractivity contribution in [3.8, 4) is 11.5 Å². The number of hydrogen-bond acceptors (Lipinski definition) is 3. The monoisotopic (exact) mass is 405 g/mol. The van der Waals surface area contributed by atoms with Crippen molar-refractivity contribution in [2.45, 2.75) is 25.0 Å². The Balaban J connectivity index is 1.62. The van der Waals surface area contributed by atoms with E-state index < -0.39 is 6.10 Å². The minimum Gasteiger partial charge on any atom is -0.497 e. The molecule has 0 aliphatic carbocycles. The molecule has 3 aromatic carbocycles. The summed E-state index contributed by atoms with van der Waals surface area (Å²) >= 11 is 6.32. The average molecular weight is 406 g/mol. The lowest BCUT2D eigenvalue weighted by atomic mass is 9.74. The fourth-order valence-electron chi connectivity index (χ4n) is 4.31. The van der Waals surface area contributed by atoms with Gasteiger partial charge in [-0.3, -0.25) is 4.79 Å². The van der Waals surface area contributed by atoms with Gasteiger partial charge in [-0.2, -0.15) is 0 Å². The smallest absolute Gasteiger partial charge is 0.270 e. The first-order valence-corrected chi connectivity index (χ1v) is 9.94. The van der Waals surface area contributed by atoms with Crippen LogP contribution in [0, 0.1) is 6.92 Å². The Kier molecular flexibility index (Phi) is 4.25. The normalized spacial score (nSPS) is 22.2. The van der Waals surface area contributed by atoms with E-state index in [9.17, 15) is 4.79 Å². The third-order valence-electron chi connectivity index (χ3n) is 5.78. The lowest BCUT2D eigenvalue weighted by molar-refractivity contribution is -0.136. The van der Waals surface area contributed by atoms with Crippen molar-refractivity contribution >= 4 is 23.2 Å². The van der Waals surface area contributed by atoms with Gasteiger partial charge >= 0.3 is 0 Å². The number of rotatable bonds is 3. The highest BCUT2D eigenvalue weighted by Gasteiger charge is 2.57. The second-order valence-corrected chi connectivity index (χ2v) is 7.94. The molecule has 2 heterocycles. The second-order valence-electron chi connectivity index (χ2n) is 7.51. The van der Waals surface area contributed by atoms with Crippen LogP contribution in [0.5, 0.6) is 11.5 Å². The quantitative estimate of drug-likeness (QED) is 0.578. The highest BCUT2D eigenvalue weighted by atomic mass is 35.5. The molecule has 0 unspecified atom stereocenters. The molecule has 0 spiro atoms. The molecule has 4 nitrogen and oxygen atoms in total. The zero-order valence-corrected chi connectivity index (χ0v) is 16.9. The van der Waals surface area contributed by atoms with Crippen LogP contribution in [-0.2, 0) is 4.79 Å². The molecule has 1 fully saturated rings. The standard InChI is InChI=1S/C24H20ClNO3/c1-14-3-5-15(6-4-14)21-19-13-16(25)7-12-20(19)29-23-22(21)26(24(23)27)17-8-10-18(28-2)11-9-17/h3-13,21-23H,1-2H3/t21-,22+,23-/m0/s1. The van der Waals surface area contributed by atoms with Gasteiger partial charge in [-0.1, -0.05) is 41.4 Å². The zero-order valence-electron chi connectivity index (χ0n) is 16.1. The molecule has 3 atom stereocenters. The maximum atomic E-state index is 13.0.